The molecule has 0 radical (unpaired) electrons. The molecule has 4 nitrogen and oxygen atoms in total. The van der Waals surface area contributed by atoms with Crippen LogP contribution in [0.1, 0.15) is 37.3 Å². The molecule has 2 aliphatic rings. The Hall–Kier alpha value is -0.980. The van der Waals surface area contributed by atoms with E-state index in [4.69, 9.17) is 10.5 Å². The SMILES string of the molecule is I.NC(=NCCC1CC1)NC1CCOc2ccccc21. The molecule has 1 aromatic rings. The first kappa shape index (κ1) is 15.4. The van der Waals surface area contributed by atoms with Crippen molar-refractivity contribution in [3.63, 3.8) is 0 Å². The minimum absolute atomic E-state index is 0. The van der Waals surface area contributed by atoms with Gasteiger partial charge in [0.25, 0.3) is 0 Å². The molecular formula is C15H22IN3O. The number of benzene rings is 1. The van der Waals surface area contributed by atoms with Crippen molar-refractivity contribution in [1.29, 1.82) is 0 Å². The number of aliphatic imine (C=N–C) groups is 1. The minimum Gasteiger partial charge on any atom is -0.493 e. The molecule has 5 heteroatoms. The second-order valence-corrected chi connectivity index (χ2v) is 5.37. The third kappa shape index (κ3) is 4.01. The summed E-state index contributed by atoms with van der Waals surface area (Å²) in [4.78, 5) is 4.41. The molecule has 3 N–H and O–H groups in total. The lowest BCUT2D eigenvalue weighted by molar-refractivity contribution is 0.262. The van der Waals surface area contributed by atoms with Crippen LogP contribution in [0.5, 0.6) is 5.75 Å². The number of nitrogens with zero attached hydrogens (tertiary/aromatic N) is 1. The van der Waals surface area contributed by atoms with Crippen LogP contribution in [0.15, 0.2) is 29.3 Å². The van der Waals surface area contributed by atoms with Gasteiger partial charge in [-0.15, -0.1) is 24.0 Å². The van der Waals surface area contributed by atoms with Gasteiger partial charge in [0.05, 0.1) is 12.6 Å². The van der Waals surface area contributed by atoms with Crippen LogP contribution < -0.4 is 15.8 Å². The molecule has 1 fully saturated rings. The molecule has 1 aliphatic heterocycles. The molecule has 1 atom stereocenters. The average Bonchev–Trinajstić information content (AvgIpc) is 3.23. The molecule has 1 saturated carbocycles. The van der Waals surface area contributed by atoms with Crippen LogP contribution in [-0.4, -0.2) is 19.1 Å². The Labute approximate surface area is 137 Å². The van der Waals surface area contributed by atoms with Crippen LogP contribution in [0.3, 0.4) is 0 Å². The molecular weight excluding hydrogens is 365 g/mol. The van der Waals surface area contributed by atoms with E-state index in [9.17, 15) is 0 Å². The fraction of sp³-hybridized carbons (Fsp3) is 0.533. The number of nitrogens with two attached hydrogens (primary N) is 1. The first-order chi connectivity index (χ1) is 9.33. The highest BCUT2D eigenvalue weighted by atomic mass is 127. The second-order valence-electron chi connectivity index (χ2n) is 5.37. The molecule has 0 saturated heterocycles. The van der Waals surface area contributed by atoms with Crippen LogP contribution >= 0.6 is 24.0 Å². The predicted octanol–water partition coefficient (Wildman–Crippen LogP) is 2.83. The monoisotopic (exact) mass is 387 g/mol. The highest BCUT2D eigenvalue weighted by Crippen LogP contribution is 2.32. The molecule has 20 heavy (non-hydrogen) atoms. The number of nitrogens with one attached hydrogen (secondary N) is 1. The lowest BCUT2D eigenvalue weighted by Gasteiger charge is -2.26. The summed E-state index contributed by atoms with van der Waals surface area (Å²) in [5, 5.41) is 3.32. The molecule has 1 heterocycles. The van der Waals surface area contributed by atoms with Gasteiger partial charge in [0, 0.05) is 18.5 Å². The third-order valence-corrected chi connectivity index (χ3v) is 3.80. The Balaban J connectivity index is 0.00000147. The molecule has 0 spiro atoms. The topological polar surface area (TPSA) is 59.6 Å². The van der Waals surface area contributed by atoms with Crippen molar-refractivity contribution in [2.75, 3.05) is 13.2 Å². The van der Waals surface area contributed by atoms with Crippen LogP contribution in [0.4, 0.5) is 0 Å². The maximum absolute atomic E-state index is 5.97. The van der Waals surface area contributed by atoms with Gasteiger partial charge in [-0.25, -0.2) is 0 Å². The molecule has 0 bridgehead atoms. The van der Waals surface area contributed by atoms with E-state index in [-0.39, 0.29) is 30.0 Å². The van der Waals surface area contributed by atoms with E-state index in [0.29, 0.717) is 5.96 Å². The average molecular weight is 387 g/mol. The minimum atomic E-state index is 0. The van der Waals surface area contributed by atoms with Gasteiger partial charge >= 0.3 is 0 Å². The van der Waals surface area contributed by atoms with E-state index in [1.807, 2.05) is 18.2 Å². The first-order valence-electron chi connectivity index (χ1n) is 7.11. The number of fused-ring (bicyclic) bond motifs is 1. The third-order valence-electron chi connectivity index (χ3n) is 3.80. The molecule has 110 valence electrons. The van der Waals surface area contributed by atoms with Crippen molar-refractivity contribution in [2.24, 2.45) is 16.6 Å². The summed E-state index contributed by atoms with van der Waals surface area (Å²) in [6.45, 7) is 1.57. The molecule has 0 aromatic heterocycles. The van der Waals surface area contributed by atoms with E-state index < -0.39 is 0 Å². The Morgan fingerprint density at radius 1 is 1.30 bits per heavy atom. The summed E-state index contributed by atoms with van der Waals surface area (Å²) < 4.78 is 5.64. The summed E-state index contributed by atoms with van der Waals surface area (Å²) in [6.07, 6.45) is 4.84. The number of hydrogen-bond donors (Lipinski definition) is 2. The summed E-state index contributed by atoms with van der Waals surface area (Å²) in [5.41, 5.74) is 7.14. The standard InChI is InChI=1S/C15H21N3O.HI/c16-15(17-9-7-11-5-6-11)18-13-8-10-19-14-4-2-1-3-12(13)14;/h1-4,11,13H,5-10H2,(H3,16,17,18);1H. The number of ether oxygens (including phenoxy) is 1. The van der Waals surface area contributed by atoms with Gasteiger partial charge in [-0.3, -0.25) is 4.99 Å². The van der Waals surface area contributed by atoms with Gasteiger partial charge in [-0.2, -0.15) is 0 Å². The van der Waals surface area contributed by atoms with E-state index in [0.717, 1.165) is 31.2 Å². The fourth-order valence-corrected chi connectivity index (χ4v) is 2.49. The van der Waals surface area contributed by atoms with E-state index >= 15 is 0 Å². The number of guanidine groups is 1. The van der Waals surface area contributed by atoms with Crippen molar-refractivity contribution in [3.8, 4) is 5.75 Å². The normalized spacial score (nSPS) is 21.4. The summed E-state index contributed by atoms with van der Waals surface area (Å²) in [6, 6.07) is 8.33. The number of halogens is 1. The quantitative estimate of drug-likeness (QED) is 0.475. The molecule has 0 amide bonds. The van der Waals surface area contributed by atoms with Crippen LogP contribution in [0.2, 0.25) is 0 Å². The van der Waals surface area contributed by atoms with E-state index in [1.165, 1.54) is 24.8 Å². The van der Waals surface area contributed by atoms with E-state index in [2.05, 4.69) is 16.4 Å². The van der Waals surface area contributed by atoms with Crippen molar-refractivity contribution in [3.05, 3.63) is 29.8 Å². The van der Waals surface area contributed by atoms with Gasteiger partial charge in [-0.1, -0.05) is 31.0 Å². The smallest absolute Gasteiger partial charge is 0.189 e. The molecule has 1 aliphatic carbocycles. The number of para-hydroxylation sites is 1. The van der Waals surface area contributed by atoms with Crippen LogP contribution in [-0.2, 0) is 0 Å². The Morgan fingerprint density at radius 2 is 2.10 bits per heavy atom. The first-order valence-corrected chi connectivity index (χ1v) is 7.11. The van der Waals surface area contributed by atoms with Crippen LogP contribution in [0, 0.1) is 5.92 Å². The fourth-order valence-electron chi connectivity index (χ4n) is 2.49. The second kappa shape index (κ2) is 7.15. The highest BCUT2D eigenvalue weighted by molar-refractivity contribution is 14.0. The zero-order chi connectivity index (χ0) is 13.1. The lowest BCUT2D eigenvalue weighted by atomic mass is 10.0. The number of rotatable bonds is 4. The largest absolute Gasteiger partial charge is 0.493 e. The molecule has 3 rings (SSSR count). The summed E-state index contributed by atoms with van der Waals surface area (Å²) in [7, 11) is 0. The van der Waals surface area contributed by atoms with Gasteiger partial charge in [-0.05, 0) is 18.4 Å². The summed E-state index contributed by atoms with van der Waals surface area (Å²) in [5.74, 6) is 2.42. The number of hydrogen-bond acceptors (Lipinski definition) is 2. The maximum atomic E-state index is 5.97. The van der Waals surface area contributed by atoms with Crippen molar-refractivity contribution in [2.45, 2.75) is 31.7 Å². The van der Waals surface area contributed by atoms with Gasteiger partial charge in [0.1, 0.15) is 5.75 Å². The highest BCUT2D eigenvalue weighted by Gasteiger charge is 2.22. The van der Waals surface area contributed by atoms with Crippen LogP contribution in [0.25, 0.3) is 0 Å². The van der Waals surface area contributed by atoms with Crippen molar-refractivity contribution >= 4 is 29.9 Å². The van der Waals surface area contributed by atoms with Gasteiger partial charge < -0.3 is 15.8 Å². The zero-order valence-corrected chi connectivity index (χ0v) is 13.9. The Kier molecular flexibility index (Phi) is 5.51. The lowest BCUT2D eigenvalue weighted by Crippen LogP contribution is -2.37. The van der Waals surface area contributed by atoms with Gasteiger partial charge in [0.15, 0.2) is 5.96 Å². The van der Waals surface area contributed by atoms with Crippen molar-refractivity contribution in [1.82, 2.24) is 5.32 Å². The van der Waals surface area contributed by atoms with E-state index in [1.54, 1.807) is 0 Å². The summed E-state index contributed by atoms with van der Waals surface area (Å²) >= 11 is 0. The predicted molar refractivity (Wildman–Crippen MR) is 91.7 cm³/mol. The zero-order valence-electron chi connectivity index (χ0n) is 11.5. The molecule has 1 aromatic carbocycles. The van der Waals surface area contributed by atoms with Crippen molar-refractivity contribution < 1.29 is 4.74 Å². The maximum Gasteiger partial charge on any atom is 0.189 e. The molecule has 1 unspecified atom stereocenters. The van der Waals surface area contributed by atoms with Gasteiger partial charge in [0.2, 0.25) is 0 Å². The Morgan fingerprint density at radius 3 is 2.90 bits per heavy atom. The Bertz CT molecular complexity index is 474.